The van der Waals surface area contributed by atoms with Gasteiger partial charge in [-0.05, 0) is 83.9 Å². The molecular weight excluding hydrogens is 520 g/mol. The Kier molecular flexibility index (Phi) is 10.7. The quantitative estimate of drug-likeness (QED) is 0.129. The second-order valence-electron chi connectivity index (χ2n) is 9.61. The summed E-state index contributed by atoms with van der Waals surface area (Å²) in [5.41, 5.74) is 7.29. The lowest BCUT2D eigenvalue weighted by Crippen LogP contribution is -2.17. The lowest BCUT2D eigenvalue weighted by Gasteiger charge is -2.17. The minimum atomic E-state index is 0.490. The summed E-state index contributed by atoms with van der Waals surface area (Å²) in [5.74, 6) is 0. The fourth-order valence-electron chi connectivity index (χ4n) is 3.97. The third kappa shape index (κ3) is 8.97. The number of rotatable bonds is 12. The molecule has 0 aliphatic heterocycles. The second-order valence-corrected chi connectivity index (χ2v) is 9.61. The zero-order valence-electron chi connectivity index (χ0n) is 23.8. The van der Waals surface area contributed by atoms with Crippen LogP contribution >= 0.6 is 0 Å². The van der Waals surface area contributed by atoms with E-state index in [4.69, 9.17) is 10.5 Å². The summed E-state index contributed by atoms with van der Waals surface area (Å²) in [7, 11) is 3.93. The highest BCUT2D eigenvalue weighted by atomic mass is 15.1. The Labute approximate surface area is 247 Å². The molecule has 0 aliphatic rings. The summed E-state index contributed by atoms with van der Waals surface area (Å²) < 4.78 is 0. The number of anilines is 2. The lowest BCUT2D eigenvalue weighted by atomic mass is 10.1. The maximum Gasteiger partial charge on any atom is 0.0858 e. The average Bonchev–Trinajstić information content (AvgIpc) is 3.04. The van der Waals surface area contributed by atoms with E-state index in [0.717, 1.165) is 45.3 Å². The predicted octanol–water partition coefficient (Wildman–Crippen LogP) is 9.39. The Hall–Kier alpha value is -5.60. The van der Waals surface area contributed by atoms with Crippen LogP contribution in [0.25, 0.3) is 12.2 Å². The molecule has 0 fully saturated rings. The van der Waals surface area contributed by atoms with Crippen LogP contribution in [0.3, 0.4) is 0 Å². The molecule has 0 atom stereocenters. The van der Waals surface area contributed by atoms with Crippen LogP contribution in [0, 0.1) is 22.7 Å². The lowest BCUT2D eigenvalue weighted by molar-refractivity contribution is 0.905. The molecular formula is C34H32N8. The summed E-state index contributed by atoms with van der Waals surface area (Å²) in [5, 5.41) is 34.9. The van der Waals surface area contributed by atoms with Gasteiger partial charge in [0, 0.05) is 38.6 Å². The van der Waals surface area contributed by atoms with Gasteiger partial charge in [0.2, 0.25) is 0 Å². The molecule has 0 saturated carbocycles. The highest BCUT2D eigenvalue weighted by Gasteiger charge is 2.02. The van der Waals surface area contributed by atoms with Crippen LogP contribution in [0.1, 0.15) is 24.0 Å². The fraction of sp³-hybridized carbons (Fsp3) is 0.176. The van der Waals surface area contributed by atoms with E-state index >= 15 is 0 Å². The van der Waals surface area contributed by atoms with E-state index in [-0.39, 0.29) is 0 Å². The van der Waals surface area contributed by atoms with E-state index in [1.807, 2.05) is 133 Å². The topological polar surface area (TPSA) is 104 Å². The van der Waals surface area contributed by atoms with Crippen molar-refractivity contribution in [1.82, 2.24) is 0 Å². The number of nitrogens with zero attached hydrogens (tertiary/aromatic N) is 8. The minimum absolute atomic E-state index is 0.490. The largest absolute Gasteiger partial charge is 0.374 e. The first-order chi connectivity index (χ1) is 20.5. The first-order valence-electron chi connectivity index (χ1n) is 13.6. The van der Waals surface area contributed by atoms with Crippen molar-refractivity contribution in [3.63, 3.8) is 0 Å². The fourth-order valence-corrected chi connectivity index (χ4v) is 3.97. The van der Waals surface area contributed by atoms with E-state index < -0.39 is 0 Å². The standard InChI is InChI=1S/C34H32N8/c1-41(25-3-23-35)33-19-15-31(16-20-33)39-37-29-11-7-27(8-12-29)5-6-28-9-13-30(14-10-28)38-40-32-17-21-34(22-18-32)42(2)26-4-24-36/h5-22H,3-4,25-26H2,1-2H3/b6-5+,39-37?,40-38?. The zero-order valence-corrected chi connectivity index (χ0v) is 23.8. The molecule has 42 heavy (non-hydrogen) atoms. The average molecular weight is 553 g/mol. The first kappa shape index (κ1) is 29.4. The van der Waals surface area contributed by atoms with Gasteiger partial charge in [-0.25, -0.2) is 0 Å². The first-order valence-corrected chi connectivity index (χ1v) is 13.6. The highest BCUT2D eigenvalue weighted by Crippen LogP contribution is 2.24. The molecule has 4 aromatic carbocycles. The van der Waals surface area contributed by atoms with E-state index in [0.29, 0.717) is 25.9 Å². The van der Waals surface area contributed by atoms with E-state index in [2.05, 4.69) is 32.6 Å². The molecule has 0 spiro atoms. The predicted molar refractivity (Wildman–Crippen MR) is 170 cm³/mol. The molecule has 0 heterocycles. The summed E-state index contributed by atoms with van der Waals surface area (Å²) >= 11 is 0. The molecule has 4 aromatic rings. The molecule has 0 aromatic heterocycles. The molecule has 0 bridgehead atoms. The van der Waals surface area contributed by atoms with Gasteiger partial charge in [-0.1, -0.05) is 36.4 Å². The zero-order chi connectivity index (χ0) is 29.6. The van der Waals surface area contributed by atoms with Gasteiger partial charge >= 0.3 is 0 Å². The van der Waals surface area contributed by atoms with Crippen molar-refractivity contribution in [3.05, 3.63) is 108 Å². The van der Waals surface area contributed by atoms with Crippen LogP contribution in [0.15, 0.2) is 118 Å². The molecule has 208 valence electrons. The number of nitriles is 2. The van der Waals surface area contributed by atoms with Gasteiger partial charge < -0.3 is 9.80 Å². The molecule has 0 radical (unpaired) electrons. The van der Waals surface area contributed by atoms with Crippen molar-refractivity contribution < 1.29 is 0 Å². The van der Waals surface area contributed by atoms with Crippen LogP contribution in [-0.2, 0) is 0 Å². The van der Waals surface area contributed by atoms with Gasteiger partial charge in [-0.3, -0.25) is 0 Å². The smallest absolute Gasteiger partial charge is 0.0858 e. The van der Waals surface area contributed by atoms with Crippen molar-refractivity contribution in [2.24, 2.45) is 20.5 Å². The molecule has 8 nitrogen and oxygen atoms in total. The molecule has 0 aliphatic carbocycles. The minimum Gasteiger partial charge on any atom is -0.374 e. The number of benzene rings is 4. The Balaban J connectivity index is 1.28. The second kappa shape index (κ2) is 15.3. The number of hydrogen-bond acceptors (Lipinski definition) is 8. The van der Waals surface area contributed by atoms with Crippen molar-refractivity contribution >= 4 is 46.3 Å². The normalized spacial score (nSPS) is 11.1. The summed E-state index contributed by atoms with van der Waals surface area (Å²) in [4.78, 5) is 4.08. The van der Waals surface area contributed by atoms with E-state index in [9.17, 15) is 0 Å². The Morgan fingerprint density at radius 2 is 0.786 bits per heavy atom. The Bertz CT molecular complexity index is 1470. The molecule has 0 N–H and O–H groups in total. The van der Waals surface area contributed by atoms with Gasteiger partial charge in [0.25, 0.3) is 0 Å². The van der Waals surface area contributed by atoms with Crippen LogP contribution in [0.4, 0.5) is 34.1 Å². The van der Waals surface area contributed by atoms with Crippen LogP contribution < -0.4 is 9.80 Å². The van der Waals surface area contributed by atoms with Crippen LogP contribution in [-0.4, -0.2) is 27.2 Å². The molecule has 8 heteroatoms. The van der Waals surface area contributed by atoms with Gasteiger partial charge in [-0.2, -0.15) is 31.0 Å². The van der Waals surface area contributed by atoms with Crippen molar-refractivity contribution in [1.29, 1.82) is 10.5 Å². The third-order valence-corrected chi connectivity index (χ3v) is 6.52. The van der Waals surface area contributed by atoms with Gasteiger partial charge in [0.05, 0.1) is 47.7 Å². The van der Waals surface area contributed by atoms with Gasteiger partial charge in [-0.15, -0.1) is 0 Å². The van der Waals surface area contributed by atoms with Crippen LogP contribution in [0.5, 0.6) is 0 Å². The maximum absolute atomic E-state index is 8.75. The highest BCUT2D eigenvalue weighted by molar-refractivity contribution is 5.70. The third-order valence-electron chi connectivity index (χ3n) is 6.52. The summed E-state index contributed by atoms with van der Waals surface area (Å²) in [6, 6.07) is 35.7. The summed E-state index contributed by atoms with van der Waals surface area (Å²) in [6.07, 6.45) is 5.08. The number of azo groups is 2. The summed E-state index contributed by atoms with van der Waals surface area (Å²) in [6.45, 7) is 1.38. The van der Waals surface area contributed by atoms with E-state index in [1.165, 1.54) is 0 Å². The Morgan fingerprint density at radius 1 is 0.500 bits per heavy atom. The molecule has 0 saturated heterocycles. The SMILES string of the molecule is CN(CCC#N)c1ccc(N=Nc2ccc(/C=C/c3ccc(N=Nc4ccc(N(C)CCC#N)cc4)cc3)cc2)cc1. The molecule has 0 amide bonds. The van der Waals surface area contributed by atoms with Crippen molar-refractivity contribution in [2.75, 3.05) is 37.0 Å². The van der Waals surface area contributed by atoms with E-state index in [1.54, 1.807) is 0 Å². The molecule has 0 unspecified atom stereocenters. The van der Waals surface area contributed by atoms with Gasteiger partial charge in [0.1, 0.15) is 0 Å². The van der Waals surface area contributed by atoms with Crippen LogP contribution in [0.2, 0.25) is 0 Å². The van der Waals surface area contributed by atoms with Crippen molar-refractivity contribution in [2.45, 2.75) is 12.8 Å². The molecule has 4 rings (SSSR count). The van der Waals surface area contributed by atoms with Gasteiger partial charge in [0.15, 0.2) is 0 Å². The maximum atomic E-state index is 8.75. The monoisotopic (exact) mass is 552 g/mol. The number of hydrogen-bond donors (Lipinski definition) is 0. The van der Waals surface area contributed by atoms with Crippen molar-refractivity contribution in [3.8, 4) is 12.1 Å². The Morgan fingerprint density at radius 3 is 1.07 bits per heavy atom.